The lowest BCUT2D eigenvalue weighted by atomic mass is 10.0. The molecule has 2 aliphatic rings. The molecule has 6 heterocycles. The normalized spacial score (nSPS) is 14.1. The summed E-state index contributed by atoms with van der Waals surface area (Å²) in [4.78, 5) is 92.5. The number of nitrogens with zero attached hydrogens (tertiary/aromatic N) is 6. The molecule has 2 unspecified atom stereocenters. The van der Waals surface area contributed by atoms with Crippen LogP contribution in [0, 0.1) is 13.8 Å². The molecule has 0 bridgehead atoms. The monoisotopic (exact) mass is 1270 g/mol. The molecule has 2 aromatic carbocycles. The number of carbonyl (C=O) groups excluding carboxylic acids is 5. The third kappa shape index (κ3) is 19.7. The van der Waals surface area contributed by atoms with Gasteiger partial charge in [-0.3, -0.25) is 9.59 Å². The number of carboxylic acid groups (broad SMARTS) is 1. The topological polar surface area (TPSA) is 236 Å². The molecule has 0 saturated carbocycles. The molecule has 476 valence electrons. The summed E-state index contributed by atoms with van der Waals surface area (Å²) in [6.45, 7) is 36.5. The molecule has 5 amide bonds. The number of anilines is 2. The van der Waals surface area contributed by atoms with Gasteiger partial charge in [0.2, 0.25) is 5.91 Å². The van der Waals surface area contributed by atoms with Gasteiger partial charge in [0.05, 0.1) is 44.9 Å². The van der Waals surface area contributed by atoms with Gasteiger partial charge in [-0.2, -0.15) is 0 Å². The second kappa shape index (κ2) is 28.7. The first-order valence-electron chi connectivity index (χ1n) is 29.7. The van der Waals surface area contributed by atoms with Gasteiger partial charge in [-0.15, -0.1) is 45.3 Å². The van der Waals surface area contributed by atoms with E-state index in [9.17, 15) is 28.8 Å². The number of aromatic nitrogens is 2. The van der Waals surface area contributed by atoms with Crippen molar-refractivity contribution in [2.24, 2.45) is 0 Å². The standard InChI is InChI=1S/C32H44N4O5S2.C20H23N3O2S2.C12H23NO4/c1-10-20(3)36(30(39)41-32(7,8)9)16-14-25(37)34-28-26(27-33-22-17-19(2)11-12-23(22)42-27)21-13-15-35(18-24(21)43-28)29(38)40-31(4,5)6;1-11-5-6-14-13(9-11)22-18(27-14)16-12-7-8-23(10-15(12)26-17(16)21)19(24)25-20(2,3)4;1-6-9(2)13(8-7-10(14)15)11(16)17-12(3,4)5/h11-12,17,20H,10,13-16,18H2,1-9H3,(H,34,37);5-6,9H,7-8,10,21H2,1-4H3;9H,6-8H2,1-5H3,(H,14,15). The van der Waals surface area contributed by atoms with E-state index < -0.39 is 40.6 Å². The van der Waals surface area contributed by atoms with Crippen LogP contribution in [0.25, 0.3) is 41.6 Å². The Morgan fingerprint density at radius 1 is 0.609 bits per heavy atom. The minimum Gasteiger partial charge on any atom is -0.481 e. The predicted molar refractivity (Wildman–Crippen MR) is 351 cm³/mol. The minimum atomic E-state index is -0.915. The van der Waals surface area contributed by atoms with E-state index in [4.69, 9.17) is 39.8 Å². The Morgan fingerprint density at radius 3 is 1.43 bits per heavy atom. The molecule has 2 atom stereocenters. The second-order valence-corrected chi connectivity index (χ2v) is 30.3. The molecule has 4 N–H and O–H groups in total. The molecule has 2 aliphatic heterocycles. The van der Waals surface area contributed by atoms with Gasteiger partial charge in [0.25, 0.3) is 0 Å². The largest absolute Gasteiger partial charge is 0.481 e. The number of aliphatic carboxylic acids is 1. The predicted octanol–water partition coefficient (Wildman–Crippen LogP) is 15.7. The van der Waals surface area contributed by atoms with E-state index in [2.05, 4.69) is 48.6 Å². The molecule has 19 nitrogen and oxygen atoms in total. The number of nitrogens with two attached hydrogens (primary N) is 1. The van der Waals surface area contributed by atoms with Crippen LogP contribution in [0.5, 0.6) is 0 Å². The van der Waals surface area contributed by atoms with Gasteiger partial charge in [0, 0.05) is 65.6 Å². The van der Waals surface area contributed by atoms with Crippen molar-refractivity contribution in [3.8, 4) is 21.1 Å². The van der Waals surface area contributed by atoms with Gasteiger partial charge in [-0.05, 0) is 183 Å². The molecular weight excluding hydrogens is 1190 g/mol. The number of thiophene rings is 2. The highest BCUT2D eigenvalue weighted by Crippen LogP contribution is 2.47. The minimum absolute atomic E-state index is 0.0239. The van der Waals surface area contributed by atoms with E-state index in [1.807, 2.05) is 96.9 Å². The Balaban J connectivity index is 0.000000233. The van der Waals surface area contributed by atoms with Crippen molar-refractivity contribution in [2.75, 3.05) is 37.2 Å². The number of fused-ring (bicyclic) bond motifs is 4. The lowest BCUT2D eigenvalue weighted by molar-refractivity contribution is -0.137. The SMILES string of the molecule is CCC(C)N(CCC(=O)Nc1sc2c(c1-c1nc3cc(C)ccc3s1)CCN(C(=O)OC(C)(C)C)C2)C(=O)OC(C)(C)C.CCC(C)N(CCC(=O)O)C(=O)OC(C)(C)C.Cc1ccc2sc(-c3c(N)sc4c3CCN(C(=O)OC(C)(C)C)C4)nc2c1. The maximum atomic E-state index is 13.4. The first-order chi connectivity index (χ1) is 40.4. The summed E-state index contributed by atoms with van der Waals surface area (Å²) < 4.78 is 24.2. The van der Waals surface area contributed by atoms with E-state index in [1.54, 1.807) is 69.5 Å². The van der Waals surface area contributed by atoms with E-state index in [1.165, 1.54) is 32.1 Å². The number of hydrogen-bond donors (Lipinski definition) is 3. The van der Waals surface area contributed by atoms with Crippen LogP contribution in [-0.2, 0) is 54.5 Å². The molecule has 0 radical (unpaired) electrons. The Kier molecular flexibility index (Phi) is 23.0. The van der Waals surface area contributed by atoms with Gasteiger partial charge in [-0.25, -0.2) is 29.1 Å². The summed E-state index contributed by atoms with van der Waals surface area (Å²) in [5.74, 6) is -1.11. The third-order valence-electron chi connectivity index (χ3n) is 13.9. The maximum Gasteiger partial charge on any atom is 0.410 e. The molecule has 6 aromatic rings. The van der Waals surface area contributed by atoms with E-state index in [0.717, 1.165) is 82.0 Å². The zero-order valence-electron chi connectivity index (χ0n) is 54.0. The van der Waals surface area contributed by atoms with Crippen molar-refractivity contribution >= 4 is 112 Å². The molecule has 0 spiro atoms. The van der Waals surface area contributed by atoms with Crippen molar-refractivity contribution in [1.29, 1.82) is 0 Å². The fraction of sp³-hybridized carbons (Fsp3) is 0.562. The second-order valence-electron chi connectivity index (χ2n) is 26.0. The smallest absolute Gasteiger partial charge is 0.410 e. The lowest BCUT2D eigenvalue weighted by Crippen LogP contribution is -2.43. The highest BCUT2D eigenvalue weighted by molar-refractivity contribution is 7.23. The first-order valence-corrected chi connectivity index (χ1v) is 33.0. The zero-order chi connectivity index (χ0) is 64.7. The van der Waals surface area contributed by atoms with Gasteiger partial charge < -0.3 is 54.7 Å². The number of benzene rings is 2. The van der Waals surface area contributed by atoms with Crippen LogP contribution in [-0.4, -0.2) is 132 Å². The van der Waals surface area contributed by atoms with Crippen LogP contribution in [0.1, 0.15) is 168 Å². The summed E-state index contributed by atoms with van der Waals surface area (Å²) in [7, 11) is 0. The number of carboxylic acids is 1. The fourth-order valence-corrected chi connectivity index (χ4v) is 13.9. The number of nitrogen functional groups attached to an aromatic ring is 1. The Bertz CT molecular complexity index is 3430. The molecule has 0 aliphatic carbocycles. The molecule has 87 heavy (non-hydrogen) atoms. The molecule has 23 heteroatoms. The molecule has 4 aromatic heterocycles. The lowest BCUT2D eigenvalue weighted by Gasteiger charge is -2.31. The van der Waals surface area contributed by atoms with Crippen LogP contribution in [0.2, 0.25) is 0 Å². The average Bonchev–Trinajstić information content (AvgIpc) is 1.98. The van der Waals surface area contributed by atoms with Gasteiger partial charge in [-0.1, -0.05) is 26.0 Å². The Hall–Kier alpha value is -6.56. The van der Waals surface area contributed by atoms with Crippen LogP contribution >= 0.6 is 45.3 Å². The summed E-state index contributed by atoms with van der Waals surface area (Å²) >= 11 is 6.31. The summed E-state index contributed by atoms with van der Waals surface area (Å²) in [6, 6.07) is 12.4. The van der Waals surface area contributed by atoms with Crippen molar-refractivity contribution < 1.29 is 52.8 Å². The van der Waals surface area contributed by atoms with Crippen molar-refractivity contribution in [1.82, 2.24) is 29.6 Å². The van der Waals surface area contributed by atoms with Crippen molar-refractivity contribution in [2.45, 2.75) is 211 Å². The van der Waals surface area contributed by atoms with E-state index >= 15 is 0 Å². The molecule has 0 fully saturated rings. The highest BCUT2D eigenvalue weighted by Gasteiger charge is 2.34. The third-order valence-corrected chi connectivity index (χ3v) is 18.1. The molecular formula is C64H90N8O11S4. The van der Waals surface area contributed by atoms with Gasteiger partial charge >= 0.3 is 30.3 Å². The first kappa shape index (κ1) is 69.5. The average molecular weight is 1280 g/mol. The zero-order valence-corrected chi connectivity index (χ0v) is 57.3. The number of amides is 5. The number of thiazole rings is 2. The number of rotatable bonds is 13. The van der Waals surface area contributed by atoms with Crippen molar-refractivity contribution in [3.63, 3.8) is 0 Å². The highest BCUT2D eigenvalue weighted by atomic mass is 32.1. The number of carbonyl (C=O) groups is 6. The van der Waals surface area contributed by atoms with E-state index in [-0.39, 0.29) is 56.1 Å². The molecule has 0 saturated heterocycles. The summed E-state index contributed by atoms with van der Waals surface area (Å²) in [6.07, 6.45) is 1.48. The maximum absolute atomic E-state index is 13.4. The number of ether oxygens (including phenoxy) is 4. The van der Waals surface area contributed by atoms with Crippen LogP contribution < -0.4 is 11.1 Å². The Morgan fingerprint density at radius 2 is 1.01 bits per heavy atom. The quantitative estimate of drug-likeness (QED) is 0.0912. The number of aryl methyl sites for hydroxylation is 2. The number of nitrogens with one attached hydrogen (secondary N) is 1. The van der Waals surface area contributed by atoms with Gasteiger partial charge in [0.1, 0.15) is 37.4 Å². The van der Waals surface area contributed by atoms with Crippen LogP contribution in [0.4, 0.5) is 29.2 Å². The van der Waals surface area contributed by atoms with Crippen molar-refractivity contribution in [3.05, 3.63) is 68.4 Å². The van der Waals surface area contributed by atoms with E-state index in [0.29, 0.717) is 37.6 Å². The number of hydrogen-bond acceptors (Lipinski definition) is 17. The summed E-state index contributed by atoms with van der Waals surface area (Å²) in [5, 5.41) is 15.1. The molecule has 8 rings (SSSR count). The van der Waals surface area contributed by atoms with Crippen LogP contribution in [0.3, 0.4) is 0 Å². The van der Waals surface area contributed by atoms with Gasteiger partial charge in [0.15, 0.2) is 0 Å². The summed E-state index contributed by atoms with van der Waals surface area (Å²) in [5.41, 5.74) is 12.7. The van der Waals surface area contributed by atoms with Crippen LogP contribution in [0.15, 0.2) is 36.4 Å². The Labute approximate surface area is 528 Å². The fourth-order valence-electron chi connectivity index (χ4n) is 9.32.